The van der Waals surface area contributed by atoms with Crippen LogP contribution in [0.15, 0.2) is 24.9 Å². The molecule has 1 unspecified atom stereocenters. The van der Waals surface area contributed by atoms with Crippen molar-refractivity contribution in [3.63, 3.8) is 0 Å². The fraction of sp³-hybridized carbons (Fsp3) is 0.611. The number of rotatable bonds is 4. The highest BCUT2D eigenvalue weighted by atomic mass is 16.3. The Labute approximate surface area is 142 Å². The quantitative estimate of drug-likeness (QED) is 0.842. The molecule has 24 heavy (non-hydrogen) atoms. The maximum Gasteiger partial charge on any atom is 0.223 e. The molecule has 6 nitrogen and oxygen atoms in total. The fourth-order valence-electron chi connectivity index (χ4n) is 4.00. The van der Waals surface area contributed by atoms with E-state index in [9.17, 15) is 5.11 Å². The van der Waals surface area contributed by atoms with Gasteiger partial charge in [-0.05, 0) is 50.0 Å². The summed E-state index contributed by atoms with van der Waals surface area (Å²) in [6.07, 6.45) is 14.8. The maximum absolute atomic E-state index is 10.4. The van der Waals surface area contributed by atoms with E-state index in [2.05, 4.69) is 19.9 Å². The summed E-state index contributed by atoms with van der Waals surface area (Å²) in [6, 6.07) is 0.0300. The number of aromatic nitrogens is 4. The van der Waals surface area contributed by atoms with E-state index >= 15 is 0 Å². The van der Waals surface area contributed by atoms with Crippen molar-refractivity contribution in [3.05, 3.63) is 36.2 Å². The van der Waals surface area contributed by atoms with Crippen molar-refractivity contribution in [2.75, 3.05) is 5.32 Å². The molecule has 1 fully saturated rings. The summed E-state index contributed by atoms with van der Waals surface area (Å²) in [5.41, 5.74) is 2.48. The lowest BCUT2D eigenvalue weighted by molar-refractivity contribution is 0.166. The molecule has 0 aromatic carbocycles. The van der Waals surface area contributed by atoms with Crippen molar-refractivity contribution in [2.45, 2.75) is 63.6 Å². The van der Waals surface area contributed by atoms with Crippen LogP contribution in [0.2, 0.25) is 0 Å². The minimum Gasteiger partial charge on any atom is -0.391 e. The van der Waals surface area contributed by atoms with Crippen LogP contribution in [0.3, 0.4) is 0 Å². The highest BCUT2D eigenvalue weighted by Crippen LogP contribution is 2.29. The molecule has 2 heterocycles. The Hall–Kier alpha value is -1.95. The third-order valence-corrected chi connectivity index (χ3v) is 5.28. The molecular formula is C18H25N5O. The van der Waals surface area contributed by atoms with Crippen LogP contribution >= 0.6 is 0 Å². The minimum absolute atomic E-state index is 0.0300. The number of aryl methyl sites for hydroxylation is 2. The Morgan fingerprint density at radius 3 is 3.00 bits per heavy atom. The van der Waals surface area contributed by atoms with Gasteiger partial charge in [-0.1, -0.05) is 6.42 Å². The van der Waals surface area contributed by atoms with Gasteiger partial charge in [0, 0.05) is 30.8 Å². The largest absolute Gasteiger partial charge is 0.391 e. The molecule has 3 atom stereocenters. The number of nitrogens with one attached hydrogen (secondary N) is 1. The van der Waals surface area contributed by atoms with Crippen molar-refractivity contribution in [1.82, 2.24) is 19.5 Å². The third-order valence-electron chi connectivity index (χ3n) is 5.28. The summed E-state index contributed by atoms with van der Waals surface area (Å²) in [6.45, 7) is 0.903. The van der Waals surface area contributed by atoms with Gasteiger partial charge in [-0.2, -0.15) is 0 Å². The van der Waals surface area contributed by atoms with E-state index in [1.165, 1.54) is 30.5 Å². The number of nitrogens with zero attached hydrogens (tertiary/aromatic N) is 4. The Kier molecular flexibility index (Phi) is 4.47. The highest BCUT2D eigenvalue weighted by Gasteiger charge is 2.33. The van der Waals surface area contributed by atoms with E-state index < -0.39 is 0 Å². The van der Waals surface area contributed by atoms with E-state index in [1.54, 1.807) is 6.20 Å². The van der Waals surface area contributed by atoms with Crippen molar-refractivity contribution >= 4 is 5.95 Å². The molecule has 0 spiro atoms. The monoisotopic (exact) mass is 327 g/mol. The zero-order valence-corrected chi connectivity index (χ0v) is 13.9. The molecule has 2 aromatic rings. The van der Waals surface area contributed by atoms with Gasteiger partial charge >= 0.3 is 0 Å². The van der Waals surface area contributed by atoms with E-state index in [1.807, 2.05) is 18.7 Å². The van der Waals surface area contributed by atoms with Gasteiger partial charge in [-0.3, -0.25) is 0 Å². The summed E-state index contributed by atoms with van der Waals surface area (Å²) >= 11 is 0. The predicted molar refractivity (Wildman–Crippen MR) is 91.7 cm³/mol. The summed E-state index contributed by atoms with van der Waals surface area (Å²) in [5.74, 6) is 1.12. The van der Waals surface area contributed by atoms with Crippen LogP contribution in [-0.2, 0) is 19.4 Å². The first kappa shape index (κ1) is 15.6. The highest BCUT2D eigenvalue weighted by molar-refractivity contribution is 5.32. The van der Waals surface area contributed by atoms with Crippen LogP contribution in [0.4, 0.5) is 5.95 Å². The summed E-state index contributed by atoms with van der Waals surface area (Å²) in [7, 11) is 0. The molecule has 2 N–H and O–H groups in total. The van der Waals surface area contributed by atoms with Crippen LogP contribution in [-0.4, -0.2) is 36.8 Å². The van der Waals surface area contributed by atoms with Gasteiger partial charge < -0.3 is 15.0 Å². The fourth-order valence-corrected chi connectivity index (χ4v) is 4.00. The molecule has 0 amide bonds. The van der Waals surface area contributed by atoms with Gasteiger partial charge in [0.1, 0.15) is 0 Å². The number of aliphatic hydroxyl groups is 1. The lowest BCUT2D eigenvalue weighted by Gasteiger charge is -2.17. The Balaban J connectivity index is 1.40. The predicted octanol–water partition coefficient (Wildman–Crippen LogP) is 2.19. The standard InChI is InChI=1S/C18H25N5O/c24-17-9-13(11-23-7-6-19-12-23)8-16(17)22-18-20-10-14-4-2-1-3-5-15(14)21-18/h6-7,10,12-13,16-17,24H,1-5,8-9,11H2,(H,20,21,22)/t13?,16-,17-/m1/s1. The summed E-state index contributed by atoms with van der Waals surface area (Å²) in [5, 5.41) is 13.8. The summed E-state index contributed by atoms with van der Waals surface area (Å²) in [4.78, 5) is 13.3. The molecule has 0 saturated heterocycles. The van der Waals surface area contributed by atoms with Crippen LogP contribution in [0.25, 0.3) is 0 Å². The van der Waals surface area contributed by atoms with E-state index in [0.717, 1.165) is 32.2 Å². The Bertz CT molecular complexity index is 672. The lowest BCUT2D eigenvalue weighted by atomic mass is 10.1. The minimum atomic E-state index is -0.346. The lowest BCUT2D eigenvalue weighted by Crippen LogP contribution is -2.29. The van der Waals surface area contributed by atoms with Crippen LogP contribution in [0, 0.1) is 5.92 Å². The second-order valence-corrected chi connectivity index (χ2v) is 7.14. The third kappa shape index (κ3) is 3.43. The van der Waals surface area contributed by atoms with Crippen molar-refractivity contribution in [2.24, 2.45) is 5.92 Å². The normalized spacial score (nSPS) is 26.8. The van der Waals surface area contributed by atoms with Gasteiger partial charge in [-0.25, -0.2) is 15.0 Å². The van der Waals surface area contributed by atoms with Gasteiger partial charge in [0.15, 0.2) is 0 Å². The molecule has 0 aliphatic heterocycles. The van der Waals surface area contributed by atoms with Crippen molar-refractivity contribution in [3.8, 4) is 0 Å². The second-order valence-electron chi connectivity index (χ2n) is 7.14. The zero-order chi connectivity index (χ0) is 16.4. The molecule has 0 radical (unpaired) electrons. The molecule has 2 aliphatic carbocycles. The first-order chi connectivity index (χ1) is 11.8. The van der Waals surface area contributed by atoms with Gasteiger partial charge in [-0.15, -0.1) is 0 Å². The number of aliphatic hydroxyl groups excluding tert-OH is 1. The molecule has 0 bridgehead atoms. The summed E-state index contributed by atoms with van der Waals surface area (Å²) < 4.78 is 2.08. The Morgan fingerprint density at radius 1 is 1.21 bits per heavy atom. The van der Waals surface area contributed by atoms with E-state index in [0.29, 0.717) is 11.9 Å². The van der Waals surface area contributed by atoms with Gasteiger partial charge in [0.25, 0.3) is 0 Å². The number of imidazole rings is 1. The average molecular weight is 327 g/mol. The number of hydrogen-bond acceptors (Lipinski definition) is 5. The first-order valence-corrected chi connectivity index (χ1v) is 9.03. The van der Waals surface area contributed by atoms with Gasteiger partial charge in [0.05, 0.1) is 18.5 Å². The van der Waals surface area contributed by atoms with Crippen molar-refractivity contribution < 1.29 is 5.11 Å². The zero-order valence-electron chi connectivity index (χ0n) is 13.9. The van der Waals surface area contributed by atoms with Crippen LogP contribution in [0.5, 0.6) is 0 Å². The van der Waals surface area contributed by atoms with Crippen LogP contribution in [0.1, 0.15) is 43.4 Å². The first-order valence-electron chi connectivity index (χ1n) is 9.03. The number of fused-ring (bicyclic) bond motifs is 1. The topological polar surface area (TPSA) is 75.9 Å². The molecule has 6 heteroatoms. The van der Waals surface area contributed by atoms with Crippen LogP contribution < -0.4 is 5.32 Å². The second kappa shape index (κ2) is 6.89. The molecule has 2 aromatic heterocycles. The number of anilines is 1. The molecule has 1 saturated carbocycles. The molecule has 4 rings (SSSR count). The van der Waals surface area contributed by atoms with Gasteiger partial charge in [0.2, 0.25) is 5.95 Å². The van der Waals surface area contributed by atoms with E-state index in [-0.39, 0.29) is 12.1 Å². The Morgan fingerprint density at radius 2 is 2.12 bits per heavy atom. The number of hydrogen-bond donors (Lipinski definition) is 2. The average Bonchev–Trinajstić information content (AvgIpc) is 3.12. The smallest absolute Gasteiger partial charge is 0.223 e. The van der Waals surface area contributed by atoms with Crippen molar-refractivity contribution in [1.29, 1.82) is 0 Å². The molecular weight excluding hydrogens is 302 g/mol. The van der Waals surface area contributed by atoms with E-state index in [4.69, 9.17) is 4.98 Å². The maximum atomic E-state index is 10.4. The molecule has 2 aliphatic rings. The molecule has 128 valence electrons. The SMILES string of the molecule is O[C@@H]1CC(Cn2ccnc2)C[C@H]1Nc1ncc2c(n1)CCCCC2.